The lowest BCUT2D eigenvalue weighted by molar-refractivity contribution is -0.112. The highest BCUT2D eigenvalue weighted by Gasteiger charge is 2.14. The summed E-state index contributed by atoms with van der Waals surface area (Å²) in [5.74, 6) is 0.218. The molecule has 1 amide bonds. The van der Waals surface area contributed by atoms with Gasteiger partial charge in [-0.1, -0.05) is 6.58 Å². The standard InChI is InChI=1S/C15H23N3O2/c1-11(15(16)19)13-7-6-12(20-5)10-14(13)18(4)9-8-17(2)3/h6-7,10H,1,8-9H2,2-5H3,(H2,16,19). The van der Waals surface area contributed by atoms with Crippen molar-refractivity contribution < 1.29 is 9.53 Å². The molecule has 0 unspecified atom stereocenters. The van der Waals surface area contributed by atoms with Crippen LogP contribution in [0.5, 0.6) is 5.75 Å². The minimum absolute atomic E-state index is 0.305. The summed E-state index contributed by atoms with van der Waals surface area (Å²) < 4.78 is 5.24. The second kappa shape index (κ2) is 6.96. The Bertz CT molecular complexity index is 498. The molecule has 0 aliphatic carbocycles. The van der Waals surface area contributed by atoms with Crippen LogP contribution in [-0.2, 0) is 4.79 Å². The lowest BCUT2D eigenvalue weighted by atomic mass is 10.0. The van der Waals surface area contributed by atoms with E-state index < -0.39 is 5.91 Å². The Morgan fingerprint density at radius 2 is 1.95 bits per heavy atom. The van der Waals surface area contributed by atoms with Gasteiger partial charge in [-0.15, -0.1) is 0 Å². The molecule has 0 fully saturated rings. The molecular formula is C15H23N3O2. The molecule has 20 heavy (non-hydrogen) atoms. The first-order valence-electron chi connectivity index (χ1n) is 6.39. The zero-order valence-electron chi connectivity index (χ0n) is 12.6. The average Bonchev–Trinajstić information content (AvgIpc) is 2.43. The Hall–Kier alpha value is -2.01. The molecule has 0 heterocycles. The minimum atomic E-state index is -0.516. The van der Waals surface area contributed by atoms with Gasteiger partial charge in [-0.2, -0.15) is 0 Å². The summed E-state index contributed by atoms with van der Waals surface area (Å²) in [5, 5.41) is 0. The molecule has 0 saturated carbocycles. The van der Waals surface area contributed by atoms with Crippen LogP contribution in [0.25, 0.3) is 5.57 Å². The molecule has 0 aliphatic rings. The zero-order chi connectivity index (χ0) is 15.3. The number of hydrogen-bond donors (Lipinski definition) is 1. The van der Waals surface area contributed by atoms with Crippen LogP contribution in [0.1, 0.15) is 5.56 Å². The number of likely N-dealkylation sites (N-methyl/N-ethyl adjacent to an activating group) is 2. The average molecular weight is 277 g/mol. The Balaban J connectivity index is 3.12. The summed E-state index contributed by atoms with van der Waals surface area (Å²) in [5.41, 5.74) is 7.26. The molecule has 0 saturated heterocycles. The van der Waals surface area contributed by atoms with E-state index in [1.165, 1.54) is 0 Å². The summed E-state index contributed by atoms with van der Waals surface area (Å²) in [6.45, 7) is 5.48. The third-order valence-electron chi connectivity index (χ3n) is 3.12. The van der Waals surface area contributed by atoms with E-state index in [-0.39, 0.29) is 0 Å². The van der Waals surface area contributed by atoms with Crippen molar-refractivity contribution in [3.8, 4) is 5.75 Å². The number of primary amides is 1. The van der Waals surface area contributed by atoms with E-state index in [2.05, 4.69) is 16.4 Å². The van der Waals surface area contributed by atoms with E-state index in [0.29, 0.717) is 5.57 Å². The number of benzene rings is 1. The highest BCUT2D eigenvalue weighted by molar-refractivity contribution is 6.19. The third kappa shape index (κ3) is 3.99. The van der Waals surface area contributed by atoms with Gasteiger partial charge in [-0.25, -0.2) is 0 Å². The van der Waals surface area contributed by atoms with Gasteiger partial charge >= 0.3 is 0 Å². The second-order valence-corrected chi connectivity index (χ2v) is 4.95. The molecular weight excluding hydrogens is 254 g/mol. The maximum absolute atomic E-state index is 11.4. The Labute approximate surface area is 120 Å². The molecule has 0 aliphatic heterocycles. The molecule has 0 aromatic heterocycles. The summed E-state index contributed by atoms with van der Waals surface area (Å²) in [4.78, 5) is 15.5. The second-order valence-electron chi connectivity index (χ2n) is 4.95. The Morgan fingerprint density at radius 3 is 2.45 bits per heavy atom. The van der Waals surface area contributed by atoms with Crippen LogP contribution >= 0.6 is 0 Å². The monoisotopic (exact) mass is 277 g/mol. The smallest absolute Gasteiger partial charge is 0.248 e. The fraction of sp³-hybridized carbons (Fsp3) is 0.400. The van der Waals surface area contributed by atoms with Gasteiger partial charge in [0.2, 0.25) is 5.91 Å². The molecule has 0 spiro atoms. The van der Waals surface area contributed by atoms with Gasteiger partial charge in [-0.3, -0.25) is 4.79 Å². The Kier molecular flexibility index (Phi) is 5.58. The number of ether oxygens (including phenoxy) is 1. The molecule has 1 rings (SSSR count). The Morgan fingerprint density at radius 1 is 1.30 bits per heavy atom. The van der Waals surface area contributed by atoms with E-state index in [0.717, 1.165) is 30.1 Å². The van der Waals surface area contributed by atoms with Crippen molar-refractivity contribution in [3.63, 3.8) is 0 Å². The van der Waals surface area contributed by atoms with Gasteiger partial charge in [0.05, 0.1) is 7.11 Å². The van der Waals surface area contributed by atoms with Crippen LogP contribution in [0.15, 0.2) is 24.8 Å². The van der Waals surface area contributed by atoms with Crippen molar-refractivity contribution in [2.45, 2.75) is 0 Å². The number of nitrogens with zero attached hydrogens (tertiary/aromatic N) is 2. The number of methoxy groups -OCH3 is 1. The van der Waals surface area contributed by atoms with E-state index in [1.54, 1.807) is 13.2 Å². The molecule has 1 aromatic carbocycles. The van der Waals surface area contributed by atoms with Gasteiger partial charge in [-0.05, 0) is 26.2 Å². The number of carbonyl (C=O) groups excluding carboxylic acids is 1. The fourth-order valence-corrected chi connectivity index (χ4v) is 1.81. The van der Waals surface area contributed by atoms with Crippen molar-refractivity contribution in [2.24, 2.45) is 5.73 Å². The molecule has 2 N–H and O–H groups in total. The predicted molar refractivity (Wildman–Crippen MR) is 83.0 cm³/mol. The van der Waals surface area contributed by atoms with Crippen molar-refractivity contribution in [2.75, 3.05) is 46.2 Å². The minimum Gasteiger partial charge on any atom is -0.497 e. The summed E-state index contributed by atoms with van der Waals surface area (Å²) in [7, 11) is 7.61. The van der Waals surface area contributed by atoms with Gasteiger partial charge in [0.15, 0.2) is 0 Å². The van der Waals surface area contributed by atoms with Crippen LogP contribution in [0.3, 0.4) is 0 Å². The van der Waals surface area contributed by atoms with Crippen molar-refractivity contribution >= 4 is 17.2 Å². The molecule has 0 bridgehead atoms. The quantitative estimate of drug-likeness (QED) is 0.761. The maximum Gasteiger partial charge on any atom is 0.248 e. The third-order valence-corrected chi connectivity index (χ3v) is 3.12. The number of amides is 1. The SMILES string of the molecule is C=C(C(N)=O)c1ccc(OC)cc1N(C)CCN(C)C. The molecule has 5 nitrogen and oxygen atoms in total. The molecule has 0 radical (unpaired) electrons. The first-order valence-corrected chi connectivity index (χ1v) is 6.39. The van der Waals surface area contributed by atoms with Crippen LogP contribution in [0.4, 0.5) is 5.69 Å². The lowest BCUT2D eigenvalue weighted by Crippen LogP contribution is -2.29. The van der Waals surface area contributed by atoms with Gasteiger partial charge in [0.25, 0.3) is 0 Å². The highest BCUT2D eigenvalue weighted by Crippen LogP contribution is 2.29. The zero-order valence-corrected chi connectivity index (χ0v) is 12.6. The number of rotatable bonds is 7. The van der Waals surface area contributed by atoms with Crippen molar-refractivity contribution in [3.05, 3.63) is 30.3 Å². The van der Waals surface area contributed by atoms with E-state index >= 15 is 0 Å². The molecule has 110 valence electrons. The van der Waals surface area contributed by atoms with Crippen molar-refractivity contribution in [1.29, 1.82) is 0 Å². The normalized spacial score (nSPS) is 10.4. The summed E-state index contributed by atoms with van der Waals surface area (Å²) >= 11 is 0. The van der Waals surface area contributed by atoms with Crippen molar-refractivity contribution in [1.82, 2.24) is 4.90 Å². The summed E-state index contributed by atoms with van der Waals surface area (Å²) in [6, 6.07) is 5.50. The fourth-order valence-electron chi connectivity index (χ4n) is 1.81. The van der Waals surface area contributed by atoms with Gasteiger partial charge in [0, 0.05) is 43.0 Å². The lowest BCUT2D eigenvalue weighted by Gasteiger charge is -2.25. The highest BCUT2D eigenvalue weighted by atomic mass is 16.5. The molecule has 0 atom stereocenters. The predicted octanol–water partition coefficient (Wildman–Crippen LogP) is 1.19. The number of carbonyl (C=O) groups is 1. The topological polar surface area (TPSA) is 58.8 Å². The largest absolute Gasteiger partial charge is 0.497 e. The van der Waals surface area contributed by atoms with E-state index in [9.17, 15) is 4.79 Å². The van der Waals surface area contributed by atoms with Crippen LogP contribution < -0.4 is 15.4 Å². The molecule has 1 aromatic rings. The van der Waals surface area contributed by atoms with Crippen LogP contribution in [0, 0.1) is 0 Å². The van der Waals surface area contributed by atoms with Gasteiger partial charge < -0.3 is 20.3 Å². The summed E-state index contributed by atoms with van der Waals surface area (Å²) in [6.07, 6.45) is 0. The van der Waals surface area contributed by atoms with Gasteiger partial charge in [0.1, 0.15) is 5.75 Å². The first kappa shape index (κ1) is 16.0. The van der Waals surface area contributed by atoms with Crippen LogP contribution in [0.2, 0.25) is 0 Å². The number of anilines is 1. The van der Waals surface area contributed by atoms with Crippen LogP contribution in [-0.4, -0.2) is 52.1 Å². The van der Waals surface area contributed by atoms with E-state index in [1.807, 2.05) is 33.3 Å². The number of nitrogens with two attached hydrogens (primary N) is 1. The maximum atomic E-state index is 11.4. The number of hydrogen-bond acceptors (Lipinski definition) is 4. The van der Waals surface area contributed by atoms with E-state index in [4.69, 9.17) is 10.5 Å². The first-order chi connectivity index (χ1) is 9.36. The molecule has 5 heteroatoms.